The van der Waals surface area contributed by atoms with Crippen LogP contribution < -0.4 is 26.0 Å². The van der Waals surface area contributed by atoms with Crippen LogP contribution in [-0.4, -0.2) is 11.3 Å². The molecule has 14 aromatic rings. The summed E-state index contributed by atoms with van der Waals surface area (Å²) in [5, 5.41) is -0.170. The highest BCUT2D eigenvalue weighted by Gasteiger charge is 2.49. The van der Waals surface area contributed by atoms with Crippen LogP contribution in [0.2, 0.25) is 0 Å². The summed E-state index contributed by atoms with van der Waals surface area (Å²) in [7, 11) is 0. The van der Waals surface area contributed by atoms with E-state index >= 15 is 0 Å². The van der Waals surface area contributed by atoms with Gasteiger partial charge in [0.05, 0.1) is 46.8 Å². The third-order valence-corrected chi connectivity index (χ3v) is 19.5. The Labute approximate surface area is 585 Å². The van der Waals surface area contributed by atoms with Gasteiger partial charge in [-0.2, -0.15) is 0 Å². The number of hydrogen-bond acceptors (Lipinski definition) is 2. The van der Waals surface area contributed by atoms with Gasteiger partial charge in [0.1, 0.15) is 11.5 Å². The maximum Gasteiger partial charge on any atom is 0.256 e. The molecule has 3 heterocycles. The molecule has 0 saturated carbocycles. The molecule has 458 valence electrons. The van der Waals surface area contributed by atoms with E-state index in [0.717, 1.165) is 61.2 Å². The number of rotatable bonds is 8. The molecular weight excluding hydrogens is 1150 g/mol. The second kappa shape index (κ2) is 21.7. The zero-order valence-corrected chi connectivity index (χ0v) is 54.2. The van der Waals surface area contributed by atoms with Crippen LogP contribution in [0.1, 0.15) is 126 Å². The molecule has 0 bridgehead atoms. The van der Waals surface area contributed by atoms with Crippen LogP contribution in [0.4, 0.5) is 17.1 Å². The first-order chi connectivity index (χ1) is 53.5. The number of benzene rings is 13. The maximum atomic E-state index is 9.95. The summed E-state index contributed by atoms with van der Waals surface area (Å²) in [5.74, 6) is 0.954. The summed E-state index contributed by atoms with van der Waals surface area (Å²) < 4.78 is 179. The van der Waals surface area contributed by atoms with Crippen molar-refractivity contribution in [1.29, 1.82) is 0 Å². The number of nitrogens with zero attached hydrogens (tertiary/aromatic N) is 2. The Morgan fingerprint density at radius 1 is 0.379 bits per heavy atom. The van der Waals surface area contributed by atoms with Gasteiger partial charge in [-0.1, -0.05) is 299 Å². The fraction of sp³-hybridized carbons (Fsp3) is 0.143. The van der Waals surface area contributed by atoms with Gasteiger partial charge in [0.25, 0.3) is 6.71 Å². The average molecular weight is 1240 g/mol. The highest BCUT2D eigenvalue weighted by atomic mass is 16.5. The molecule has 3 aliphatic rings. The van der Waals surface area contributed by atoms with Crippen LogP contribution >= 0.6 is 0 Å². The Morgan fingerprint density at radius 3 is 1.51 bits per heavy atom. The standard InChI is InChI=1S/C91H75BN2O/c1-88(2,3)65-49-61(50-66(54-65)89(4,5)6)62-52-82-86-84(53-62)95-83-48-45-60(69-40-28-41-73-70-37-22-25-42-76(70)91(85(69)73,63-33-18-12-19-34-63)64-35-20-13-21-36-64)51-78(83)92(86)77-47-46-68(93-79-43-26-23-38-71(79)72-39-24-27-44-80(72)93)57-81(77)94(82)87-74(58-29-14-10-15-30-58)55-67(90(7,8)9)56-75(87)59-31-16-11-17-32-59/h10-57H,1-9H3/i12D,13D,18D,19D,20D,21D,23D,24D,26D,27D,33D,34D,35D,36D,38D,39D,43D,44D. The van der Waals surface area contributed by atoms with Crippen molar-refractivity contribution >= 4 is 62.0 Å². The molecule has 0 amide bonds. The van der Waals surface area contributed by atoms with Crippen molar-refractivity contribution in [2.75, 3.05) is 4.90 Å². The summed E-state index contributed by atoms with van der Waals surface area (Å²) in [6, 6.07) is 49.2. The second-order valence-electron chi connectivity index (χ2n) is 28.3. The highest BCUT2D eigenvalue weighted by Crippen LogP contribution is 2.59. The molecule has 0 spiro atoms. The van der Waals surface area contributed by atoms with E-state index in [4.69, 9.17) is 10.2 Å². The van der Waals surface area contributed by atoms with E-state index in [1.165, 1.54) is 0 Å². The van der Waals surface area contributed by atoms with E-state index in [2.05, 4.69) is 134 Å². The van der Waals surface area contributed by atoms with Gasteiger partial charge >= 0.3 is 0 Å². The Bertz CT molecular complexity index is 6240. The first kappa shape index (κ1) is 41.8. The zero-order chi connectivity index (χ0) is 80.4. The molecule has 0 unspecified atom stereocenters. The van der Waals surface area contributed by atoms with Crippen LogP contribution in [-0.2, 0) is 21.7 Å². The zero-order valence-electron chi connectivity index (χ0n) is 72.2. The van der Waals surface area contributed by atoms with E-state index in [1.54, 1.807) is 22.8 Å². The minimum Gasteiger partial charge on any atom is -0.458 e. The largest absolute Gasteiger partial charge is 0.458 e. The summed E-state index contributed by atoms with van der Waals surface area (Å²) >= 11 is 0. The van der Waals surface area contributed by atoms with Gasteiger partial charge in [0.2, 0.25) is 0 Å². The lowest BCUT2D eigenvalue weighted by atomic mass is 9.34. The van der Waals surface area contributed by atoms with Crippen LogP contribution in [0.3, 0.4) is 0 Å². The minimum atomic E-state index is -2.20. The first-order valence-electron chi connectivity index (χ1n) is 41.3. The lowest BCUT2D eigenvalue weighted by Gasteiger charge is -2.42. The number of aromatic nitrogens is 1. The van der Waals surface area contributed by atoms with Gasteiger partial charge in [-0.25, -0.2) is 0 Å². The number of hydrogen-bond donors (Lipinski definition) is 0. The number of fused-ring (bicyclic) bond motifs is 10. The molecular formula is C91H75BN2O. The molecule has 0 radical (unpaired) electrons. The highest BCUT2D eigenvalue weighted by molar-refractivity contribution is 6.99. The van der Waals surface area contributed by atoms with E-state index in [9.17, 15) is 19.2 Å². The summed E-state index contributed by atoms with van der Waals surface area (Å²) in [6.45, 7) is 18.9. The Hall–Kier alpha value is -10.7. The minimum absolute atomic E-state index is 0.0648. The molecule has 95 heavy (non-hydrogen) atoms. The van der Waals surface area contributed by atoms with Gasteiger partial charge < -0.3 is 14.2 Å². The summed E-state index contributed by atoms with van der Waals surface area (Å²) in [4.78, 5) is 2.26. The predicted octanol–water partition coefficient (Wildman–Crippen LogP) is 22.1. The maximum absolute atomic E-state index is 9.95. The van der Waals surface area contributed by atoms with E-state index < -0.39 is 126 Å². The molecule has 3 nitrogen and oxygen atoms in total. The second-order valence-corrected chi connectivity index (χ2v) is 28.3. The monoisotopic (exact) mass is 1240 g/mol. The van der Waals surface area contributed by atoms with Crippen molar-refractivity contribution in [2.24, 2.45) is 0 Å². The quantitative estimate of drug-likeness (QED) is 0.141. The smallest absolute Gasteiger partial charge is 0.256 e. The Morgan fingerprint density at radius 2 is 0.905 bits per heavy atom. The normalized spacial score (nSPS) is 16.3. The fourth-order valence-electron chi connectivity index (χ4n) is 14.9. The van der Waals surface area contributed by atoms with Crippen molar-refractivity contribution in [3.8, 4) is 72.8 Å². The van der Waals surface area contributed by atoms with E-state index in [1.807, 2.05) is 97.1 Å². The fourth-order valence-corrected chi connectivity index (χ4v) is 14.9. The molecule has 0 N–H and O–H groups in total. The summed E-state index contributed by atoms with van der Waals surface area (Å²) in [5.41, 5.74) is 11.3. The molecule has 4 heteroatoms. The van der Waals surface area contributed by atoms with Gasteiger partial charge in [-0.05, 0) is 171 Å². The lowest BCUT2D eigenvalue weighted by molar-refractivity contribution is 0.488. The van der Waals surface area contributed by atoms with Crippen LogP contribution in [0.25, 0.3) is 83.1 Å². The average Bonchev–Trinajstić information content (AvgIpc) is 1.58. The predicted molar refractivity (Wildman–Crippen MR) is 402 cm³/mol. The van der Waals surface area contributed by atoms with Gasteiger partial charge in [-0.3, -0.25) is 0 Å². The molecule has 2 aliphatic heterocycles. The van der Waals surface area contributed by atoms with Gasteiger partial charge in [0.15, 0.2) is 0 Å². The topological polar surface area (TPSA) is 17.4 Å². The molecule has 0 atom stereocenters. The van der Waals surface area contributed by atoms with Crippen molar-refractivity contribution in [1.82, 2.24) is 4.57 Å². The molecule has 0 fully saturated rings. The third kappa shape index (κ3) is 9.23. The van der Waals surface area contributed by atoms with Gasteiger partial charge in [0, 0.05) is 39.0 Å². The number of ether oxygens (including phenoxy) is 1. The number of anilines is 3. The lowest BCUT2D eigenvalue weighted by Crippen LogP contribution is -2.59. The number of para-hydroxylation sites is 2. The van der Waals surface area contributed by atoms with Crippen LogP contribution in [0, 0.1) is 0 Å². The van der Waals surface area contributed by atoms with Crippen LogP contribution in [0.15, 0.2) is 291 Å². The van der Waals surface area contributed by atoms with E-state index in [0.29, 0.717) is 72.9 Å². The SMILES string of the molecule is [2H]c1c([2H])c([2H])c(C2(c3c([2H])c([2H])c([2H])c([2H])c3[2H])c3ccccc3-c3cccc(-c4ccc5c(c4)B4c6ccc(-n7c8c([2H])c([2H])c([2H])c([2H])c8c8c([2H])c([2H])c([2H])c([2H])c87)cc6N(c6c(-c7ccccc7)cc(C(C)(C)C)cc6-c6ccccc6)c6cc(-c7cc(C(C)(C)C)cc(C(C)(C)C)c7)cc(c64)O5)c32)c([2H])c1[2H]. The van der Waals surface area contributed by atoms with Crippen LogP contribution in [0.5, 0.6) is 11.5 Å². The third-order valence-electron chi connectivity index (χ3n) is 19.5. The molecule has 17 rings (SSSR count). The Kier molecular flexibility index (Phi) is 9.55. The van der Waals surface area contributed by atoms with Crippen molar-refractivity contribution < 1.29 is 29.4 Å². The molecule has 0 saturated heterocycles. The first-order valence-corrected chi connectivity index (χ1v) is 32.3. The van der Waals surface area contributed by atoms with E-state index in [-0.39, 0.29) is 43.8 Å². The summed E-state index contributed by atoms with van der Waals surface area (Å²) in [6.07, 6.45) is 0. The van der Waals surface area contributed by atoms with Crippen molar-refractivity contribution in [3.63, 3.8) is 0 Å². The van der Waals surface area contributed by atoms with Crippen molar-refractivity contribution in [3.05, 3.63) is 330 Å². The molecule has 1 aromatic heterocycles. The van der Waals surface area contributed by atoms with Gasteiger partial charge in [-0.15, -0.1) is 0 Å². The van der Waals surface area contributed by atoms with Crippen molar-refractivity contribution in [2.45, 2.75) is 84.0 Å². The molecule has 13 aromatic carbocycles. The molecule has 1 aliphatic carbocycles. The Balaban J connectivity index is 1.05.